The Balaban J connectivity index is 1.88. The molecule has 1 aliphatic rings. The first kappa shape index (κ1) is 17.3. The van der Waals surface area contributed by atoms with Crippen LogP contribution in [0.2, 0.25) is 0 Å². The molecule has 0 aliphatic carbocycles. The molecule has 1 aliphatic heterocycles. The van der Waals surface area contributed by atoms with Gasteiger partial charge in [0.25, 0.3) is 0 Å². The fraction of sp³-hybridized carbons (Fsp3) is 0.333. The zero-order chi connectivity index (χ0) is 18.7. The van der Waals surface area contributed by atoms with Crippen LogP contribution in [0.1, 0.15) is 6.92 Å². The number of pyridine rings is 1. The van der Waals surface area contributed by atoms with E-state index in [9.17, 15) is 14.9 Å². The zero-order valence-electron chi connectivity index (χ0n) is 13.9. The Bertz CT molecular complexity index is 817. The number of amides is 1. The molecule has 11 heteroatoms. The van der Waals surface area contributed by atoms with Gasteiger partial charge in [-0.25, -0.2) is 19.7 Å². The summed E-state index contributed by atoms with van der Waals surface area (Å²) in [7, 11) is 0. The van der Waals surface area contributed by atoms with E-state index in [0.717, 1.165) is 0 Å². The van der Waals surface area contributed by atoms with Crippen LogP contribution in [-0.4, -0.2) is 61.7 Å². The Kier molecular flexibility index (Phi) is 4.78. The molecule has 1 saturated heterocycles. The topological polar surface area (TPSA) is 138 Å². The van der Waals surface area contributed by atoms with Crippen molar-refractivity contribution in [1.29, 1.82) is 0 Å². The quantitative estimate of drug-likeness (QED) is 0.617. The molecule has 11 nitrogen and oxygen atoms in total. The number of nitro groups is 1. The summed E-state index contributed by atoms with van der Waals surface area (Å²) < 4.78 is 0. The monoisotopic (exact) mass is 359 g/mol. The Morgan fingerprint density at radius 2 is 2.19 bits per heavy atom. The van der Waals surface area contributed by atoms with Crippen LogP contribution in [0.4, 0.5) is 27.9 Å². The number of rotatable bonds is 4. The lowest BCUT2D eigenvalue weighted by atomic mass is 10.2. The summed E-state index contributed by atoms with van der Waals surface area (Å²) in [6.45, 7) is 3.01. The standard InChI is InChI=1S/C15H17N7O4/c1-10-8-20(15(23)24)6-7-21(10)13-3-2-11(22(25)26)14(19-13)18-12-4-5-16-9-17-12/h2-5,9-10H,6-8H2,1H3,(H,23,24)(H,16,17,18,19)/t10-/m1/s1. The van der Waals surface area contributed by atoms with Gasteiger partial charge in [0.15, 0.2) is 0 Å². The SMILES string of the molecule is C[C@@H]1CN(C(=O)O)CCN1c1ccc([N+](=O)[O-])c(Nc2ccncn2)n1. The molecule has 1 atom stereocenters. The summed E-state index contributed by atoms with van der Waals surface area (Å²) in [4.78, 5) is 37.3. The molecule has 1 amide bonds. The lowest BCUT2D eigenvalue weighted by molar-refractivity contribution is -0.384. The van der Waals surface area contributed by atoms with E-state index in [4.69, 9.17) is 5.11 Å². The molecule has 0 unspecified atom stereocenters. The largest absolute Gasteiger partial charge is 0.465 e. The highest BCUT2D eigenvalue weighted by molar-refractivity contribution is 5.67. The van der Waals surface area contributed by atoms with Gasteiger partial charge in [-0.05, 0) is 19.1 Å². The van der Waals surface area contributed by atoms with Crippen LogP contribution >= 0.6 is 0 Å². The molecule has 3 rings (SSSR count). The highest BCUT2D eigenvalue weighted by Crippen LogP contribution is 2.29. The van der Waals surface area contributed by atoms with Gasteiger partial charge in [0.05, 0.1) is 4.92 Å². The van der Waals surface area contributed by atoms with Crippen LogP contribution in [0.5, 0.6) is 0 Å². The number of carbonyl (C=O) groups is 1. The number of aromatic nitrogens is 3. The number of anilines is 3. The second-order valence-electron chi connectivity index (χ2n) is 5.78. The summed E-state index contributed by atoms with van der Waals surface area (Å²) in [6.07, 6.45) is 1.88. The summed E-state index contributed by atoms with van der Waals surface area (Å²) in [5, 5.41) is 23.2. The van der Waals surface area contributed by atoms with E-state index >= 15 is 0 Å². The van der Waals surface area contributed by atoms with Gasteiger partial charge in [-0.3, -0.25) is 10.1 Å². The van der Waals surface area contributed by atoms with Gasteiger partial charge in [-0.2, -0.15) is 0 Å². The van der Waals surface area contributed by atoms with Gasteiger partial charge in [0, 0.05) is 37.9 Å². The van der Waals surface area contributed by atoms with Crippen molar-refractivity contribution in [2.45, 2.75) is 13.0 Å². The minimum atomic E-state index is -0.959. The minimum Gasteiger partial charge on any atom is -0.465 e. The van der Waals surface area contributed by atoms with E-state index in [1.165, 1.54) is 23.5 Å². The maximum absolute atomic E-state index is 11.3. The van der Waals surface area contributed by atoms with Gasteiger partial charge in [-0.15, -0.1) is 0 Å². The summed E-state index contributed by atoms with van der Waals surface area (Å²) in [5.74, 6) is 0.986. The van der Waals surface area contributed by atoms with E-state index in [-0.39, 0.29) is 17.5 Å². The molecule has 0 aromatic carbocycles. The molecule has 136 valence electrons. The van der Waals surface area contributed by atoms with E-state index in [2.05, 4.69) is 20.3 Å². The Labute approximate surface area is 148 Å². The van der Waals surface area contributed by atoms with Crippen LogP contribution in [0.25, 0.3) is 0 Å². The normalized spacial score (nSPS) is 17.0. The molecule has 0 spiro atoms. The first-order valence-electron chi connectivity index (χ1n) is 7.88. The maximum atomic E-state index is 11.3. The third kappa shape index (κ3) is 3.61. The van der Waals surface area contributed by atoms with E-state index in [1.807, 2.05) is 11.8 Å². The Morgan fingerprint density at radius 1 is 1.38 bits per heavy atom. The van der Waals surface area contributed by atoms with Crippen LogP contribution in [0.15, 0.2) is 30.7 Å². The van der Waals surface area contributed by atoms with Crippen molar-refractivity contribution in [1.82, 2.24) is 19.9 Å². The smallest absolute Gasteiger partial charge is 0.407 e. The van der Waals surface area contributed by atoms with Crippen LogP contribution in [-0.2, 0) is 0 Å². The molecule has 3 heterocycles. The molecule has 0 radical (unpaired) electrons. The maximum Gasteiger partial charge on any atom is 0.407 e. The van der Waals surface area contributed by atoms with E-state index < -0.39 is 11.0 Å². The predicted octanol–water partition coefficient (Wildman–Crippen LogP) is 1.71. The average molecular weight is 359 g/mol. The molecule has 0 bridgehead atoms. The van der Waals surface area contributed by atoms with Crippen molar-refractivity contribution in [2.75, 3.05) is 29.9 Å². The van der Waals surface area contributed by atoms with Crippen LogP contribution < -0.4 is 10.2 Å². The molecule has 0 saturated carbocycles. The van der Waals surface area contributed by atoms with Crippen LogP contribution in [0, 0.1) is 10.1 Å². The van der Waals surface area contributed by atoms with Gasteiger partial charge in [0.1, 0.15) is 18.0 Å². The third-order valence-electron chi connectivity index (χ3n) is 4.08. The van der Waals surface area contributed by atoms with Crippen molar-refractivity contribution in [2.24, 2.45) is 0 Å². The summed E-state index contributed by atoms with van der Waals surface area (Å²) >= 11 is 0. The van der Waals surface area contributed by atoms with Gasteiger partial charge >= 0.3 is 11.8 Å². The van der Waals surface area contributed by atoms with E-state index in [0.29, 0.717) is 31.3 Å². The number of piperazine rings is 1. The van der Waals surface area contributed by atoms with Crippen molar-refractivity contribution in [3.8, 4) is 0 Å². The summed E-state index contributed by atoms with van der Waals surface area (Å²) in [6, 6.07) is 4.41. The molecular weight excluding hydrogens is 342 g/mol. The first-order chi connectivity index (χ1) is 12.5. The number of nitrogens with one attached hydrogen (secondary N) is 1. The molecule has 26 heavy (non-hydrogen) atoms. The highest BCUT2D eigenvalue weighted by Gasteiger charge is 2.28. The molecular formula is C15H17N7O4. The highest BCUT2D eigenvalue weighted by atomic mass is 16.6. The van der Waals surface area contributed by atoms with Gasteiger partial charge in [0.2, 0.25) is 5.82 Å². The van der Waals surface area contributed by atoms with Crippen molar-refractivity contribution in [3.63, 3.8) is 0 Å². The first-order valence-corrected chi connectivity index (χ1v) is 7.88. The van der Waals surface area contributed by atoms with Gasteiger partial charge < -0.3 is 20.2 Å². The van der Waals surface area contributed by atoms with Crippen LogP contribution in [0.3, 0.4) is 0 Å². The van der Waals surface area contributed by atoms with Crippen molar-refractivity contribution < 1.29 is 14.8 Å². The lowest BCUT2D eigenvalue weighted by Gasteiger charge is -2.39. The fourth-order valence-electron chi connectivity index (χ4n) is 2.80. The Hall–Kier alpha value is -3.50. The number of nitrogens with zero attached hydrogens (tertiary/aromatic N) is 6. The number of hydrogen-bond donors (Lipinski definition) is 2. The number of carboxylic acid groups (broad SMARTS) is 1. The zero-order valence-corrected chi connectivity index (χ0v) is 13.9. The predicted molar refractivity (Wildman–Crippen MR) is 92.6 cm³/mol. The second kappa shape index (κ2) is 7.17. The number of hydrogen-bond acceptors (Lipinski definition) is 8. The molecule has 2 aromatic heterocycles. The van der Waals surface area contributed by atoms with Crippen molar-refractivity contribution >= 4 is 29.2 Å². The van der Waals surface area contributed by atoms with Crippen molar-refractivity contribution in [3.05, 3.63) is 40.8 Å². The van der Waals surface area contributed by atoms with E-state index in [1.54, 1.807) is 12.1 Å². The minimum absolute atomic E-state index is 0.0686. The average Bonchev–Trinajstić information content (AvgIpc) is 2.62. The summed E-state index contributed by atoms with van der Waals surface area (Å²) in [5.41, 5.74) is -0.177. The Morgan fingerprint density at radius 3 is 2.81 bits per heavy atom. The van der Waals surface area contributed by atoms with Gasteiger partial charge in [-0.1, -0.05) is 0 Å². The lowest BCUT2D eigenvalue weighted by Crippen LogP contribution is -2.53. The molecule has 2 aromatic rings. The fourth-order valence-corrected chi connectivity index (χ4v) is 2.80. The third-order valence-corrected chi connectivity index (χ3v) is 4.08. The molecule has 2 N–H and O–H groups in total. The second-order valence-corrected chi connectivity index (χ2v) is 5.78. The molecule has 1 fully saturated rings.